The number of nitro benzene ring substituents is 1. The minimum absolute atomic E-state index is 0. The van der Waals surface area contributed by atoms with Crippen LogP contribution < -0.4 is 5.73 Å². The number of carbonyl (C=O) groups is 1. The minimum atomic E-state index is -0.368. The number of hydrogen-bond acceptors (Lipinski definition) is 5. The van der Waals surface area contributed by atoms with Gasteiger partial charge in [0.05, 0.1) is 30.0 Å². The predicted molar refractivity (Wildman–Crippen MR) is 137 cm³/mol. The van der Waals surface area contributed by atoms with Crippen LogP contribution in [0.3, 0.4) is 0 Å². The third kappa shape index (κ3) is 7.12. The smallest absolute Gasteiger partial charge is 0.317 e. The Morgan fingerprint density at radius 1 is 1.15 bits per heavy atom. The lowest BCUT2D eigenvalue weighted by Gasteiger charge is -2.47. The maximum absolute atomic E-state index is 13.9. The molecule has 0 bridgehead atoms. The van der Waals surface area contributed by atoms with Crippen molar-refractivity contribution >= 4 is 36.4 Å². The summed E-state index contributed by atoms with van der Waals surface area (Å²) in [6.45, 7) is 9.98. The van der Waals surface area contributed by atoms with Crippen molar-refractivity contribution < 1.29 is 14.2 Å². The van der Waals surface area contributed by atoms with Gasteiger partial charge in [-0.05, 0) is 63.8 Å². The molecular weight excluding hydrogens is 463 g/mol. The third-order valence-electron chi connectivity index (χ3n) is 7.64. The van der Waals surface area contributed by atoms with Crippen LogP contribution >= 0.6 is 24.8 Å². The van der Waals surface area contributed by atoms with Crippen molar-refractivity contribution in [3.8, 4) is 0 Å². The molecule has 3 rings (SSSR count). The number of benzene rings is 1. The molecule has 0 radical (unpaired) electrons. The highest BCUT2D eigenvalue weighted by Gasteiger charge is 2.47. The number of amides is 1. The SMILES string of the molecule is CCCN1CCC(C(=O)[N+]2(C(C)Cc3ccc([N+](=O)[O-])cc3)CCC(CN)CC2)CC1.Cl.Cl. The van der Waals surface area contributed by atoms with Gasteiger partial charge in [0.25, 0.3) is 5.69 Å². The number of carbonyl (C=O) groups excluding carboxylic acids is 1. The molecule has 2 N–H and O–H groups in total. The maximum atomic E-state index is 13.9. The highest BCUT2D eigenvalue weighted by molar-refractivity contribution is 5.85. The summed E-state index contributed by atoms with van der Waals surface area (Å²) in [6.07, 6.45) is 5.84. The van der Waals surface area contributed by atoms with Crippen LogP contribution in [0.15, 0.2) is 24.3 Å². The summed E-state index contributed by atoms with van der Waals surface area (Å²) in [6, 6.07) is 6.97. The lowest BCUT2D eigenvalue weighted by atomic mass is 9.87. The Kier molecular flexibility index (Phi) is 12.3. The Morgan fingerprint density at radius 2 is 1.73 bits per heavy atom. The lowest BCUT2D eigenvalue weighted by molar-refractivity contribution is -0.885. The zero-order valence-electron chi connectivity index (χ0n) is 20.0. The molecule has 0 saturated carbocycles. The molecule has 9 heteroatoms. The van der Waals surface area contributed by atoms with E-state index >= 15 is 0 Å². The molecule has 2 heterocycles. The number of non-ortho nitro benzene ring substituents is 1. The molecule has 2 aliphatic rings. The van der Waals surface area contributed by atoms with Crippen LogP contribution in [0.25, 0.3) is 0 Å². The number of nitrogens with two attached hydrogens (primary N) is 1. The molecule has 2 fully saturated rings. The monoisotopic (exact) mass is 503 g/mol. The summed E-state index contributed by atoms with van der Waals surface area (Å²) in [7, 11) is 0. The number of nitro groups is 1. The fraction of sp³-hybridized carbons (Fsp3) is 0.708. The second kappa shape index (κ2) is 13.6. The number of piperidine rings is 2. The topological polar surface area (TPSA) is 89.5 Å². The van der Waals surface area contributed by atoms with E-state index in [0.29, 0.717) is 22.9 Å². The Labute approximate surface area is 210 Å². The summed E-state index contributed by atoms with van der Waals surface area (Å²) in [5.41, 5.74) is 7.11. The van der Waals surface area contributed by atoms with Crippen LogP contribution in [-0.4, -0.2) is 65.5 Å². The van der Waals surface area contributed by atoms with Crippen LogP contribution in [0.5, 0.6) is 0 Å². The maximum Gasteiger partial charge on any atom is 0.317 e. The molecule has 1 unspecified atom stereocenters. The summed E-state index contributed by atoms with van der Waals surface area (Å²) < 4.78 is 0.548. The Balaban J connectivity index is 0.00000272. The van der Waals surface area contributed by atoms with Gasteiger partial charge in [0.2, 0.25) is 0 Å². The molecule has 1 atom stereocenters. The van der Waals surface area contributed by atoms with Crippen molar-refractivity contribution in [2.75, 3.05) is 39.3 Å². The first-order valence-corrected chi connectivity index (χ1v) is 12.0. The molecule has 2 aliphatic heterocycles. The molecule has 0 aromatic heterocycles. The van der Waals surface area contributed by atoms with Crippen LogP contribution in [-0.2, 0) is 11.2 Å². The van der Waals surface area contributed by atoms with Gasteiger partial charge in [-0.25, -0.2) is 4.79 Å². The Bertz CT molecular complexity index is 747. The van der Waals surface area contributed by atoms with E-state index in [-0.39, 0.29) is 47.4 Å². The molecular formula is C24H41Cl2N4O3+. The van der Waals surface area contributed by atoms with Gasteiger partial charge in [-0.3, -0.25) is 14.6 Å². The Morgan fingerprint density at radius 3 is 2.21 bits per heavy atom. The van der Waals surface area contributed by atoms with Gasteiger partial charge >= 0.3 is 5.91 Å². The third-order valence-corrected chi connectivity index (χ3v) is 7.64. The van der Waals surface area contributed by atoms with E-state index in [0.717, 1.165) is 76.8 Å². The quantitative estimate of drug-likeness (QED) is 0.326. The van der Waals surface area contributed by atoms with E-state index in [1.165, 1.54) is 0 Å². The number of quaternary nitrogens is 1. The van der Waals surface area contributed by atoms with Crippen LogP contribution in [0.1, 0.15) is 51.5 Å². The van der Waals surface area contributed by atoms with Crippen molar-refractivity contribution in [3.63, 3.8) is 0 Å². The highest BCUT2D eigenvalue weighted by atomic mass is 35.5. The number of nitrogens with zero attached hydrogens (tertiary/aromatic N) is 3. The Hall–Kier alpha value is -1.25. The molecule has 7 nitrogen and oxygen atoms in total. The number of likely N-dealkylation sites (tertiary alicyclic amines) is 2. The lowest BCUT2D eigenvalue weighted by Crippen LogP contribution is -2.65. The van der Waals surface area contributed by atoms with Crippen molar-refractivity contribution in [3.05, 3.63) is 39.9 Å². The number of rotatable bonds is 8. The minimum Gasteiger partial charge on any atom is -0.330 e. The number of halogens is 2. The van der Waals surface area contributed by atoms with E-state index in [9.17, 15) is 14.9 Å². The first-order valence-electron chi connectivity index (χ1n) is 12.0. The van der Waals surface area contributed by atoms with Gasteiger partial charge in [-0.1, -0.05) is 19.1 Å². The van der Waals surface area contributed by atoms with Crippen molar-refractivity contribution in [1.29, 1.82) is 0 Å². The first kappa shape index (κ1) is 29.8. The van der Waals surface area contributed by atoms with E-state index in [4.69, 9.17) is 5.73 Å². The standard InChI is InChI=1S/C24H39N4O3.2ClH/c1-3-12-26-13-8-22(9-14-26)24(29)28(15-10-21(18-25)11-16-28)19(2)17-20-4-6-23(7-5-20)27(30)31;;/h4-7,19,21-22H,3,8-18,25H2,1-2H3;2*1H/q+1;;. The molecule has 2 saturated heterocycles. The molecule has 1 aromatic carbocycles. The van der Waals surface area contributed by atoms with Gasteiger partial charge < -0.3 is 10.6 Å². The molecule has 0 spiro atoms. The molecule has 33 heavy (non-hydrogen) atoms. The average molecular weight is 505 g/mol. The zero-order valence-corrected chi connectivity index (χ0v) is 21.6. The van der Waals surface area contributed by atoms with Gasteiger partial charge in [0.15, 0.2) is 0 Å². The van der Waals surface area contributed by atoms with Gasteiger partial charge in [0.1, 0.15) is 0 Å². The van der Waals surface area contributed by atoms with Crippen molar-refractivity contribution in [2.24, 2.45) is 17.6 Å². The zero-order chi connectivity index (χ0) is 22.4. The molecule has 1 aromatic rings. The molecule has 188 valence electrons. The largest absolute Gasteiger partial charge is 0.330 e. The summed E-state index contributed by atoms with van der Waals surface area (Å²) >= 11 is 0. The van der Waals surface area contributed by atoms with Crippen molar-refractivity contribution in [1.82, 2.24) is 4.90 Å². The molecule has 1 amide bonds. The van der Waals surface area contributed by atoms with E-state index < -0.39 is 0 Å². The van der Waals surface area contributed by atoms with Gasteiger partial charge in [-0.2, -0.15) is 0 Å². The van der Waals surface area contributed by atoms with Gasteiger partial charge in [-0.15, -0.1) is 24.8 Å². The molecule has 0 aliphatic carbocycles. The second-order valence-corrected chi connectivity index (χ2v) is 9.59. The fourth-order valence-corrected chi connectivity index (χ4v) is 5.55. The summed E-state index contributed by atoms with van der Waals surface area (Å²) in [4.78, 5) is 27.0. The second-order valence-electron chi connectivity index (χ2n) is 9.59. The van der Waals surface area contributed by atoms with E-state index in [1.807, 2.05) is 12.1 Å². The number of hydrogen-bond donors (Lipinski definition) is 1. The van der Waals surface area contributed by atoms with Crippen LogP contribution in [0.4, 0.5) is 5.69 Å². The van der Waals surface area contributed by atoms with Crippen LogP contribution in [0, 0.1) is 22.0 Å². The normalized spacial score (nSPS) is 24.9. The van der Waals surface area contributed by atoms with Crippen molar-refractivity contribution in [2.45, 2.75) is 58.4 Å². The highest BCUT2D eigenvalue weighted by Crippen LogP contribution is 2.33. The summed E-state index contributed by atoms with van der Waals surface area (Å²) in [5.74, 6) is 1.07. The average Bonchev–Trinajstić information content (AvgIpc) is 2.79. The van der Waals surface area contributed by atoms with E-state index in [2.05, 4.69) is 18.7 Å². The summed E-state index contributed by atoms with van der Waals surface area (Å²) in [5, 5.41) is 11.0. The van der Waals surface area contributed by atoms with Gasteiger partial charge in [0, 0.05) is 31.4 Å². The first-order chi connectivity index (χ1) is 14.9. The predicted octanol–water partition coefficient (Wildman–Crippen LogP) is 4.20. The van der Waals surface area contributed by atoms with Crippen LogP contribution in [0.2, 0.25) is 0 Å². The fourth-order valence-electron chi connectivity index (χ4n) is 5.55. The van der Waals surface area contributed by atoms with E-state index in [1.54, 1.807) is 12.1 Å².